The summed E-state index contributed by atoms with van der Waals surface area (Å²) < 4.78 is 0. The minimum atomic E-state index is 0.179. The van der Waals surface area contributed by atoms with Gasteiger partial charge in [0.05, 0.1) is 6.61 Å². The Bertz CT molecular complexity index is 212. The molecule has 2 aliphatic rings. The quantitative estimate of drug-likeness (QED) is 0.678. The zero-order valence-electron chi connectivity index (χ0n) is 10.3. The minimum Gasteiger partial charge on any atom is -0.395 e. The van der Waals surface area contributed by atoms with Crippen molar-refractivity contribution >= 4 is 0 Å². The Hall–Kier alpha value is -0.160. The third-order valence-electron chi connectivity index (χ3n) is 4.12. The fraction of sp³-hybridized carbons (Fsp3) is 1.00. The Morgan fingerprint density at radius 2 is 1.88 bits per heavy atom. The highest BCUT2D eigenvalue weighted by Gasteiger charge is 2.37. The number of aliphatic hydroxyl groups is 1. The summed E-state index contributed by atoms with van der Waals surface area (Å²) in [6.45, 7) is 7.89. The summed E-state index contributed by atoms with van der Waals surface area (Å²) in [6, 6.07) is 0.365. The summed E-state index contributed by atoms with van der Waals surface area (Å²) in [6.07, 6.45) is 2.51. The Balaban J connectivity index is 1.84. The van der Waals surface area contributed by atoms with E-state index in [0.717, 1.165) is 32.7 Å². The first-order chi connectivity index (χ1) is 7.76. The van der Waals surface area contributed by atoms with Crippen LogP contribution in [0.15, 0.2) is 0 Å². The molecule has 16 heavy (non-hydrogen) atoms. The number of nitrogens with zero attached hydrogens (tertiary/aromatic N) is 2. The monoisotopic (exact) mass is 227 g/mol. The van der Waals surface area contributed by atoms with Crippen LogP contribution in [0.1, 0.15) is 19.8 Å². The van der Waals surface area contributed by atoms with Gasteiger partial charge in [-0.15, -0.1) is 0 Å². The normalized spacial score (nSPS) is 27.9. The lowest BCUT2D eigenvalue weighted by molar-refractivity contribution is 0.0516. The van der Waals surface area contributed by atoms with E-state index in [4.69, 9.17) is 5.73 Å². The molecule has 1 aliphatic heterocycles. The van der Waals surface area contributed by atoms with Crippen LogP contribution in [0.2, 0.25) is 0 Å². The molecule has 94 valence electrons. The SMILES string of the molecule is CCN1CCN(C(CO)C(N)C2CC2)CC1. The molecule has 0 amide bonds. The molecule has 0 radical (unpaired) electrons. The highest BCUT2D eigenvalue weighted by atomic mass is 16.3. The third-order valence-corrected chi connectivity index (χ3v) is 4.12. The zero-order chi connectivity index (χ0) is 11.5. The van der Waals surface area contributed by atoms with E-state index in [1.807, 2.05) is 0 Å². The second kappa shape index (κ2) is 5.45. The van der Waals surface area contributed by atoms with Gasteiger partial charge in [-0.3, -0.25) is 4.90 Å². The third kappa shape index (κ3) is 2.74. The summed E-state index contributed by atoms with van der Waals surface area (Å²) in [7, 11) is 0. The van der Waals surface area contributed by atoms with Crippen molar-refractivity contribution in [1.29, 1.82) is 0 Å². The number of hydrogen-bond acceptors (Lipinski definition) is 4. The lowest BCUT2D eigenvalue weighted by atomic mass is 10.0. The molecule has 4 nitrogen and oxygen atoms in total. The molecule has 2 rings (SSSR count). The Labute approximate surface area is 98.4 Å². The summed E-state index contributed by atoms with van der Waals surface area (Å²) in [5, 5.41) is 9.51. The van der Waals surface area contributed by atoms with Crippen molar-refractivity contribution in [2.75, 3.05) is 39.3 Å². The summed E-state index contributed by atoms with van der Waals surface area (Å²) in [5.41, 5.74) is 6.22. The first-order valence-corrected chi connectivity index (χ1v) is 6.59. The predicted molar refractivity (Wildman–Crippen MR) is 65.3 cm³/mol. The van der Waals surface area contributed by atoms with Crippen LogP contribution in [0, 0.1) is 5.92 Å². The van der Waals surface area contributed by atoms with Gasteiger partial charge in [0, 0.05) is 38.3 Å². The molecule has 0 aromatic rings. The maximum Gasteiger partial charge on any atom is 0.0602 e. The van der Waals surface area contributed by atoms with Crippen LogP contribution in [-0.2, 0) is 0 Å². The molecule has 0 aromatic heterocycles. The fourth-order valence-corrected chi connectivity index (χ4v) is 2.69. The van der Waals surface area contributed by atoms with Crippen LogP contribution in [0.4, 0.5) is 0 Å². The van der Waals surface area contributed by atoms with Crippen molar-refractivity contribution in [3.05, 3.63) is 0 Å². The molecule has 1 aliphatic carbocycles. The van der Waals surface area contributed by atoms with Gasteiger partial charge in [-0.05, 0) is 25.3 Å². The van der Waals surface area contributed by atoms with E-state index in [1.165, 1.54) is 12.8 Å². The first-order valence-electron chi connectivity index (χ1n) is 6.59. The van der Waals surface area contributed by atoms with Gasteiger partial charge < -0.3 is 15.7 Å². The Morgan fingerprint density at radius 1 is 1.25 bits per heavy atom. The van der Waals surface area contributed by atoms with E-state index in [-0.39, 0.29) is 18.7 Å². The van der Waals surface area contributed by atoms with Gasteiger partial charge in [0.25, 0.3) is 0 Å². The summed E-state index contributed by atoms with van der Waals surface area (Å²) in [5.74, 6) is 0.668. The van der Waals surface area contributed by atoms with Crippen molar-refractivity contribution in [1.82, 2.24) is 9.80 Å². The molecule has 4 heteroatoms. The van der Waals surface area contributed by atoms with E-state index in [2.05, 4.69) is 16.7 Å². The maximum atomic E-state index is 9.51. The fourth-order valence-electron chi connectivity index (χ4n) is 2.69. The summed E-state index contributed by atoms with van der Waals surface area (Å²) >= 11 is 0. The lowest BCUT2D eigenvalue weighted by Gasteiger charge is -2.40. The number of aliphatic hydroxyl groups excluding tert-OH is 1. The topological polar surface area (TPSA) is 52.7 Å². The van der Waals surface area contributed by atoms with Crippen molar-refractivity contribution in [2.24, 2.45) is 11.7 Å². The molecule has 1 saturated heterocycles. The van der Waals surface area contributed by atoms with E-state index >= 15 is 0 Å². The predicted octanol–water partition coefficient (Wildman–Crippen LogP) is -0.278. The molecule has 0 bridgehead atoms. The average Bonchev–Trinajstić information content (AvgIpc) is 3.14. The first kappa shape index (κ1) is 12.3. The average molecular weight is 227 g/mol. The van der Waals surface area contributed by atoms with Crippen LogP contribution in [0.5, 0.6) is 0 Å². The molecule has 2 fully saturated rings. The smallest absolute Gasteiger partial charge is 0.0602 e. The number of piperazine rings is 1. The van der Waals surface area contributed by atoms with Crippen molar-refractivity contribution in [3.63, 3.8) is 0 Å². The molecule has 2 atom stereocenters. The van der Waals surface area contributed by atoms with Gasteiger partial charge in [0.15, 0.2) is 0 Å². The van der Waals surface area contributed by atoms with Crippen LogP contribution in [0.25, 0.3) is 0 Å². The highest BCUT2D eigenvalue weighted by Crippen LogP contribution is 2.34. The number of hydrogen-bond donors (Lipinski definition) is 2. The highest BCUT2D eigenvalue weighted by molar-refractivity contribution is 4.94. The molecular weight excluding hydrogens is 202 g/mol. The van der Waals surface area contributed by atoms with Crippen LogP contribution in [0.3, 0.4) is 0 Å². The molecule has 1 heterocycles. The van der Waals surface area contributed by atoms with Crippen LogP contribution < -0.4 is 5.73 Å². The Morgan fingerprint density at radius 3 is 2.31 bits per heavy atom. The number of nitrogens with two attached hydrogens (primary N) is 1. The second-order valence-electron chi connectivity index (χ2n) is 5.13. The largest absolute Gasteiger partial charge is 0.395 e. The summed E-state index contributed by atoms with van der Waals surface area (Å²) in [4.78, 5) is 4.84. The van der Waals surface area contributed by atoms with Gasteiger partial charge in [0.1, 0.15) is 0 Å². The molecule has 2 unspecified atom stereocenters. The maximum absolute atomic E-state index is 9.51. The standard InChI is InChI=1S/C12H25N3O/c1-2-14-5-7-15(8-6-14)11(9-16)12(13)10-3-4-10/h10-12,16H,2-9,13H2,1H3. The number of likely N-dealkylation sites (N-methyl/N-ethyl adjacent to an activating group) is 1. The van der Waals surface area contributed by atoms with Crippen LogP contribution in [-0.4, -0.2) is 66.3 Å². The molecule has 0 aromatic carbocycles. The van der Waals surface area contributed by atoms with Crippen LogP contribution >= 0.6 is 0 Å². The Kier molecular flexibility index (Phi) is 4.19. The molecule has 3 N–H and O–H groups in total. The molecule has 0 spiro atoms. The molecular formula is C12H25N3O. The molecule has 1 saturated carbocycles. The second-order valence-corrected chi connectivity index (χ2v) is 5.13. The van der Waals surface area contributed by atoms with Gasteiger partial charge in [-0.1, -0.05) is 6.92 Å². The van der Waals surface area contributed by atoms with Gasteiger partial charge in [0.2, 0.25) is 0 Å². The lowest BCUT2D eigenvalue weighted by Crippen LogP contribution is -2.57. The number of rotatable bonds is 5. The van der Waals surface area contributed by atoms with Crippen molar-refractivity contribution < 1.29 is 5.11 Å². The van der Waals surface area contributed by atoms with E-state index in [9.17, 15) is 5.11 Å². The van der Waals surface area contributed by atoms with Gasteiger partial charge in [-0.25, -0.2) is 0 Å². The van der Waals surface area contributed by atoms with Gasteiger partial charge in [-0.2, -0.15) is 0 Å². The van der Waals surface area contributed by atoms with E-state index < -0.39 is 0 Å². The zero-order valence-corrected chi connectivity index (χ0v) is 10.3. The van der Waals surface area contributed by atoms with Crippen molar-refractivity contribution in [2.45, 2.75) is 31.8 Å². The van der Waals surface area contributed by atoms with E-state index in [1.54, 1.807) is 0 Å². The van der Waals surface area contributed by atoms with Gasteiger partial charge >= 0.3 is 0 Å². The van der Waals surface area contributed by atoms with Crippen molar-refractivity contribution in [3.8, 4) is 0 Å². The van der Waals surface area contributed by atoms with E-state index in [0.29, 0.717) is 5.92 Å². The minimum absolute atomic E-state index is 0.179.